The van der Waals surface area contributed by atoms with Gasteiger partial charge in [-0.15, -0.1) is 21.5 Å². The highest BCUT2D eigenvalue weighted by Gasteiger charge is 2.32. The van der Waals surface area contributed by atoms with E-state index in [1.54, 1.807) is 23.7 Å². The van der Waals surface area contributed by atoms with Crippen LogP contribution in [0.25, 0.3) is 16.5 Å². The van der Waals surface area contributed by atoms with Crippen LogP contribution in [-0.4, -0.2) is 54.7 Å². The van der Waals surface area contributed by atoms with Crippen molar-refractivity contribution in [2.24, 2.45) is 0 Å². The van der Waals surface area contributed by atoms with Gasteiger partial charge in [0, 0.05) is 46.7 Å². The van der Waals surface area contributed by atoms with Gasteiger partial charge in [-0.05, 0) is 29.7 Å². The van der Waals surface area contributed by atoms with Gasteiger partial charge in [0.25, 0.3) is 11.8 Å². The van der Waals surface area contributed by atoms with Gasteiger partial charge in [-0.2, -0.15) is 0 Å². The molecule has 3 heterocycles. The van der Waals surface area contributed by atoms with Crippen molar-refractivity contribution in [1.29, 1.82) is 0 Å². The quantitative estimate of drug-likeness (QED) is 0.229. The van der Waals surface area contributed by atoms with E-state index in [2.05, 4.69) is 20.5 Å². The van der Waals surface area contributed by atoms with Crippen molar-refractivity contribution in [2.45, 2.75) is 11.6 Å². The number of amides is 3. The van der Waals surface area contributed by atoms with E-state index in [-0.39, 0.29) is 30.0 Å². The van der Waals surface area contributed by atoms with Crippen LogP contribution in [0.4, 0.5) is 5.13 Å². The Morgan fingerprint density at radius 2 is 1.66 bits per heavy atom. The second kappa shape index (κ2) is 10.2. The van der Waals surface area contributed by atoms with Crippen LogP contribution in [0.1, 0.15) is 26.5 Å². The Balaban J connectivity index is 1.24. The maximum atomic E-state index is 13.3. The number of benzene rings is 3. The fraction of sp³-hybridized carbons (Fsp3) is 0.111. The summed E-state index contributed by atoms with van der Waals surface area (Å²) in [6, 6.07) is 20.5. The van der Waals surface area contributed by atoms with Crippen molar-refractivity contribution in [3.8, 4) is 5.69 Å². The lowest BCUT2D eigenvalue weighted by Crippen LogP contribution is -2.41. The summed E-state index contributed by atoms with van der Waals surface area (Å²) in [5.41, 5.74) is 1.86. The SMILES string of the molecule is O=C(CSc1nnc(CCN2C(=O)c3cccc4cccc(c34)C2=O)n1-c1ccccc1)Nc1nccs1. The molecule has 188 valence electrons. The molecular formula is C27H20N6O3S2. The van der Waals surface area contributed by atoms with Crippen LogP contribution >= 0.6 is 23.1 Å². The average molecular weight is 541 g/mol. The summed E-state index contributed by atoms with van der Waals surface area (Å²) in [6.45, 7) is 0.141. The van der Waals surface area contributed by atoms with Crippen molar-refractivity contribution in [2.75, 3.05) is 17.6 Å². The van der Waals surface area contributed by atoms with Crippen molar-refractivity contribution in [3.63, 3.8) is 0 Å². The van der Waals surface area contributed by atoms with Gasteiger partial charge in [-0.3, -0.25) is 23.9 Å². The zero-order chi connectivity index (χ0) is 26.1. The number of thiazole rings is 1. The third-order valence-electron chi connectivity index (χ3n) is 6.14. The lowest BCUT2D eigenvalue weighted by atomic mass is 9.94. The Hall–Kier alpha value is -4.35. The minimum atomic E-state index is -0.321. The summed E-state index contributed by atoms with van der Waals surface area (Å²) in [5, 5.41) is 15.9. The number of hydrogen-bond donors (Lipinski definition) is 1. The molecule has 11 heteroatoms. The summed E-state index contributed by atoms with van der Waals surface area (Å²) in [5.74, 6) is -0.144. The average Bonchev–Trinajstić information content (AvgIpc) is 3.60. The van der Waals surface area contributed by atoms with Crippen molar-refractivity contribution < 1.29 is 14.4 Å². The molecule has 0 saturated heterocycles. The molecule has 3 aromatic carbocycles. The van der Waals surface area contributed by atoms with E-state index >= 15 is 0 Å². The molecule has 2 aromatic heterocycles. The molecule has 0 saturated carbocycles. The Bertz CT molecular complexity index is 1620. The van der Waals surface area contributed by atoms with E-state index in [0.29, 0.717) is 39.0 Å². The van der Waals surface area contributed by atoms with Gasteiger partial charge in [0.1, 0.15) is 5.82 Å². The first-order valence-corrected chi connectivity index (χ1v) is 13.7. The third kappa shape index (κ3) is 4.46. The number of anilines is 1. The summed E-state index contributed by atoms with van der Waals surface area (Å²) in [6.07, 6.45) is 1.92. The van der Waals surface area contributed by atoms with Crippen LogP contribution in [0.2, 0.25) is 0 Å². The van der Waals surface area contributed by atoms with E-state index in [1.807, 2.05) is 59.2 Å². The van der Waals surface area contributed by atoms with Gasteiger partial charge in [-0.25, -0.2) is 4.98 Å². The molecule has 0 spiro atoms. The van der Waals surface area contributed by atoms with E-state index in [1.165, 1.54) is 28.0 Å². The molecule has 9 nitrogen and oxygen atoms in total. The minimum absolute atomic E-state index is 0.119. The molecule has 0 bridgehead atoms. The molecule has 0 fully saturated rings. The van der Waals surface area contributed by atoms with Crippen LogP contribution in [0.3, 0.4) is 0 Å². The van der Waals surface area contributed by atoms with Crippen LogP contribution < -0.4 is 5.32 Å². The van der Waals surface area contributed by atoms with Gasteiger partial charge < -0.3 is 5.32 Å². The molecular weight excluding hydrogens is 520 g/mol. The van der Waals surface area contributed by atoms with Crippen molar-refractivity contribution >= 4 is 56.7 Å². The van der Waals surface area contributed by atoms with Crippen molar-refractivity contribution in [3.05, 3.63) is 95.3 Å². The zero-order valence-electron chi connectivity index (χ0n) is 19.9. The van der Waals surface area contributed by atoms with Crippen LogP contribution in [0.15, 0.2) is 83.5 Å². The number of aromatic nitrogens is 4. The lowest BCUT2D eigenvalue weighted by Gasteiger charge is -2.27. The maximum absolute atomic E-state index is 13.3. The standard InChI is InChI=1S/C27H20N6O3S2/c34-22(29-26-28-13-15-37-26)16-38-27-31-30-21(33(27)18-8-2-1-3-9-18)12-14-32-24(35)19-10-4-6-17-7-5-11-20(23(17)19)25(32)36/h1-11,13,15H,12,14,16H2,(H,28,29,34). The number of rotatable bonds is 8. The zero-order valence-corrected chi connectivity index (χ0v) is 21.5. The Morgan fingerprint density at radius 1 is 0.921 bits per heavy atom. The van der Waals surface area contributed by atoms with Gasteiger partial charge >= 0.3 is 0 Å². The molecule has 0 radical (unpaired) electrons. The lowest BCUT2D eigenvalue weighted by molar-refractivity contribution is -0.113. The molecule has 0 aliphatic carbocycles. The summed E-state index contributed by atoms with van der Waals surface area (Å²) in [7, 11) is 0. The third-order valence-corrected chi connectivity index (χ3v) is 7.76. The Labute approximate surface area is 225 Å². The fourth-order valence-corrected chi connectivity index (χ4v) is 5.77. The predicted molar refractivity (Wildman–Crippen MR) is 146 cm³/mol. The second-order valence-electron chi connectivity index (χ2n) is 8.47. The number of imide groups is 1. The number of nitrogens with one attached hydrogen (secondary N) is 1. The normalized spacial score (nSPS) is 12.8. The van der Waals surface area contributed by atoms with Gasteiger partial charge in [-0.1, -0.05) is 54.2 Å². The molecule has 1 N–H and O–H groups in total. The van der Waals surface area contributed by atoms with E-state index in [4.69, 9.17) is 0 Å². The molecule has 5 aromatic rings. The van der Waals surface area contributed by atoms with Crippen molar-refractivity contribution in [1.82, 2.24) is 24.6 Å². The molecule has 1 aliphatic rings. The molecule has 0 unspecified atom stereocenters. The first kappa shape index (κ1) is 24.0. The number of para-hydroxylation sites is 1. The van der Waals surface area contributed by atoms with Gasteiger partial charge in [0.15, 0.2) is 10.3 Å². The molecule has 1 aliphatic heterocycles. The first-order valence-electron chi connectivity index (χ1n) is 11.8. The van der Waals surface area contributed by atoms with E-state index in [9.17, 15) is 14.4 Å². The van der Waals surface area contributed by atoms with Gasteiger partial charge in [0.2, 0.25) is 5.91 Å². The smallest absolute Gasteiger partial charge is 0.261 e. The highest BCUT2D eigenvalue weighted by Crippen LogP contribution is 2.30. The molecule has 6 rings (SSSR count). The van der Waals surface area contributed by atoms with Gasteiger partial charge in [0.05, 0.1) is 5.75 Å². The highest BCUT2D eigenvalue weighted by molar-refractivity contribution is 7.99. The van der Waals surface area contributed by atoms with E-state index in [0.717, 1.165) is 11.1 Å². The number of carbonyl (C=O) groups is 3. The molecule has 3 amide bonds. The number of thioether (sulfide) groups is 1. The Kier molecular flexibility index (Phi) is 6.44. The van der Waals surface area contributed by atoms with Crippen LogP contribution in [0.5, 0.6) is 0 Å². The fourth-order valence-electron chi connectivity index (χ4n) is 4.46. The maximum Gasteiger partial charge on any atom is 0.261 e. The number of carbonyl (C=O) groups excluding carboxylic acids is 3. The minimum Gasteiger partial charge on any atom is -0.301 e. The molecule has 38 heavy (non-hydrogen) atoms. The molecule has 0 atom stereocenters. The van der Waals surface area contributed by atoms with Crippen LogP contribution in [-0.2, 0) is 11.2 Å². The topological polar surface area (TPSA) is 110 Å². The second-order valence-corrected chi connectivity index (χ2v) is 10.3. The first-order chi connectivity index (χ1) is 18.6. The number of nitrogens with zero attached hydrogens (tertiary/aromatic N) is 5. The van der Waals surface area contributed by atoms with E-state index < -0.39 is 0 Å². The predicted octanol–water partition coefficient (Wildman–Crippen LogP) is 4.45. The summed E-state index contributed by atoms with van der Waals surface area (Å²) >= 11 is 2.60. The summed E-state index contributed by atoms with van der Waals surface area (Å²) < 4.78 is 1.86. The monoisotopic (exact) mass is 540 g/mol. The summed E-state index contributed by atoms with van der Waals surface area (Å²) in [4.78, 5) is 44.4. The van der Waals surface area contributed by atoms with Crippen LogP contribution in [0, 0.1) is 0 Å². The largest absolute Gasteiger partial charge is 0.301 e. The highest BCUT2D eigenvalue weighted by atomic mass is 32.2. The number of hydrogen-bond acceptors (Lipinski definition) is 8. The Morgan fingerprint density at radius 3 is 2.34 bits per heavy atom.